The molecule has 0 radical (unpaired) electrons. The number of halogens is 3. The molecule has 17 heavy (non-hydrogen) atoms. The number of aromatic nitrogens is 4. The molecule has 1 aromatic rings. The van der Waals surface area contributed by atoms with Crippen LogP contribution in [0.15, 0.2) is 0 Å². The molecule has 0 fully saturated rings. The Balaban J connectivity index is 2.35. The standard InChI is InChI=1S/C9H16F3N5/c1-2-5-13-7-8-14-15-16-17(8)6-3-4-9(10,11)12/h13H,2-7H2,1H3. The fourth-order valence-electron chi connectivity index (χ4n) is 1.33. The predicted octanol–water partition coefficient (Wildman–Crippen LogP) is 1.52. The van der Waals surface area contributed by atoms with Crippen LogP contribution in [0.4, 0.5) is 13.2 Å². The van der Waals surface area contributed by atoms with Gasteiger partial charge in [0, 0.05) is 13.0 Å². The van der Waals surface area contributed by atoms with E-state index in [1.54, 1.807) is 0 Å². The van der Waals surface area contributed by atoms with E-state index >= 15 is 0 Å². The number of nitrogens with one attached hydrogen (secondary N) is 1. The van der Waals surface area contributed by atoms with Gasteiger partial charge in [0.05, 0.1) is 6.54 Å². The second kappa shape index (κ2) is 6.53. The van der Waals surface area contributed by atoms with Gasteiger partial charge in [-0.05, 0) is 29.8 Å². The first-order chi connectivity index (χ1) is 8.03. The molecule has 1 rings (SSSR count). The van der Waals surface area contributed by atoms with Crippen LogP contribution in [-0.2, 0) is 13.1 Å². The highest BCUT2D eigenvalue weighted by atomic mass is 19.4. The van der Waals surface area contributed by atoms with E-state index in [4.69, 9.17) is 0 Å². The van der Waals surface area contributed by atoms with E-state index < -0.39 is 12.6 Å². The summed E-state index contributed by atoms with van der Waals surface area (Å²) in [7, 11) is 0. The van der Waals surface area contributed by atoms with E-state index in [-0.39, 0.29) is 13.0 Å². The normalized spacial score (nSPS) is 12.0. The van der Waals surface area contributed by atoms with Crippen molar-refractivity contribution in [3.63, 3.8) is 0 Å². The summed E-state index contributed by atoms with van der Waals surface area (Å²) >= 11 is 0. The van der Waals surface area contributed by atoms with Crippen LogP contribution >= 0.6 is 0 Å². The van der Waals surface area contributed by atoms with Crippen molar-refractivity contribution in [3.8, 4) is 0 Å². The van der Waals surface area contributed by atoms with E-state index in [2.05, 4.69) is 20.8 Å². The molecule has 0 unspecified atom stereocenters. The van der Waals surface area contributed by atoms with Crippen LogP contribution in [0.1, 0.15) is 32.0 Å². The number of nitrogens with zero attached hydrogens (tertiary/aromatic N) is 4. The van der Waals surface area contributed by atoms with E-state index in [1.807, 2.05) is 6.92 Å². The molecule has 0 aliphatic heterocycles. The average molecular weight is 251 g/mol. The lowest BCUT2D eigenvalue weighted by molar-refractivity contribution is -0.136. The first-order valence-corrected chi connectivity index (χ1v) is 5.55. The molecule has 1 N–H and O–H groups in total. The minimum absolute atomic E-state index is 0.00465. The molecule has 0 saturated heterocycles. The average Bonchev–Trinajstić information content (AvgIpc) is 2.64. The van der Waals surface area contributed by atoms with E-state index in [9.17, 15) is 13.2 Å². The zero-order valence-corrected chi connectivity index (χ0v) is 9.67. The maximum atomic E-state index is 12.0. The first kappa shape index (κ1) is 13.9. The maximum Gasteiger partial charge on any atom is 0.389 e. The highest BCUT2D eigenvalue weighted by Gasteiger charge is 2.26. The molecule has 0 aliphatic carbocycles. The zero-order chi connectivity index (χ0) is 12.7. The topological polar surface area (TPSA) is 55.6 Å². The summed E-state index contributed by atoms with van der Waals surface area (Å²) in [6.45, 7) is 3.53. The van der Waals surface area contributed by atoms with Crippen molar-refractivity contribution in [1.82, 2.24) is 25.5 Å². The van der Waals surface area contributed by atoms with Gasteiger partial charge < -0.3 is 5.32 Å². The Morgan fingerprint density at radius 1 is 1.35 bits per heavy atom. The summed E-state index contributed by atoms with van der Waals surface area (Å²) in [6, 6.07) is 0. The molecule has 5 nitrogen and oxygen atoms in total. The molecule has 0 amide bonds. The smallest absolute Gasteiger partial charge is 0.310 e. The van der Waals surface area contributed by atoms with Crippen LogP contribution in [0, 0.1) is 0 Å². The highest BCUT2D eigenvalue weighted by molar-refractivity contribution is 4.79. The van der Waals surface area contributed by atoms with Crippen LogP contribution in [0.2, 0.25) is 0 Å². The van der Waals surface area contributed by atoms with Gasteiger partial charge >= 0.3 is 6.18 Å². The van der Waals surface area contributed by atoms with Crippen molar-refractivity contribution < 1.29 is 13.2 Å². The monoisotopic (exact) mass is 251 g/mol. The van der Waals surface area contributed by atoms with Crippen molar-refractivity contribution in [3.05, 3.63) is 5.82 Å². The van der Waals surface area contributed by atoms with Gasteiger partial charge in [-0.15, -0.1) is 5.10 Å². The third kappa shape index (κ3) is 5.62. The maximum absolute atomic E-state index is 12.0. The molecule has 0 aliphatic rings. The molecule has 0 atom stereocenters. The molecule has 8 heteroatoms. The van der Waals surface area contributed by atoms with Crippen LogP contribution in [0.25, 0.3) is 0 Å². The summed E-state index contributed by atoms with van der Waals surface area (Å²) in [6.07, 6.45) is -3.95. The lowest BCUT2D eigenvalue weighted by Gasteiger charge is -2.07. The lowest BCUT2D eigenvalue weighted by atomic mass is 10.3. The molecule has 0 bridgehead atoms. The highest BCUT2D eigenvalue weighted by Crippen LogP contribution is 2.21. The third-order valence-electron chi connectivity index (χ3n) is 2.15. The lowest BCUT2D eigenvalue weighted by Crippen LogP contribution is -2.19. The molecular formula is C9H16F3N5. The van der Waals surface area contributed by atoms with Crippen LogP contribution in [0.3, 0.4) is 0 Å². The van der Waals surface area contributed by atoms with Crippen LogP contribution in [0.5, 0.6) is 0 Å². The molecule has 98 valence electrons. The molecule has 0 aromatic carbocycles. The van der Waals surface area contributed by atoms with E-state index in [0.717, 1.165) is 13.0 Å². The van der Waals surface area contributed by atoms with E-state index in [1.165, 1.54) is 4.68 Å². The van der Waals surface area contributed by atoms with Gasteiger partial charge in [-0.2, -0.15) is 13.2 Å². The fraction of sp³-hybridized carbons (Fsp3) is 0.889. The Bertz CT molecular complexity index is 323. The number of alkyl halides is 3. The number of hydrogen-bond donors (Lipinski definition) is 1. The predicted molar refractivity (Wildman–Crippen MR) is 55.1 cm³/mol. The molecule has 1 aromatic heterocycles. The van der Waals surface area contributed by atoms with Crippen molar-refractivity contribution in [2.45, 2.75) is 45.5 Å². The molecular weight excluding hydrogens is 235 g/mol. The molecule has 0 saturated carbocycles. The first-order valence-electron chi connectivity index (χ1n) is 5.55. The van der Waals surface area contributed by atoms with E-state index in [0.29, 0.717) is 12.4 Å². The van der Waals surface area contributed by atoms with Crippen molar-refractivity contribution in [2.24, 2.45) is 0 Å². The van der Waals surface area contributed by atoms with Gasteiger partial charge in [-0.25, -0.2) is 4.68 Å². The van der Waals surface area contributed by atoms with Crippen molar-refractivity contribution >= 4 is 0 Å². The number of aryl methyl sites for hydroxylation is 1. The van der Waals surface area contributed by atoms with Crippen molar-refractivity contribution in [2.75, 3.05) is 6.54 Å². The number of hydrogen-bond acceptors (Lipinski definition) is 4. The van der Waals surface area contributed by atoms with Gasteiger partial charge in [0.2, 0.25) is 0 Å². The Labute approximate surface area is 97.4 Å². The summed E-state index contributed by atoms with van der Waals surface area (Å²) in [5.41, 5.74) is 0. The van der Waals surface area contributed by atoms with Gasteiger partial charge in [0.1, 0.15) is 0 Å². The second-order valence-electron chi connectivity index (χ2n) is 3.71. The zero-order valence-electron chi connectivity index (χ0n) is 9.67. The summed E-state index contributed by atoms with van der Waals surface area (Å²) in [5, 5.41) is 14.0. The fourth-order valence-corrected chi connectivity index (χ4v) is 1.33. The van der Waals surface area contributed by atoms with Gasteiger partial charge in [-0.1, -0.05) is 6.92 Å². The van der Waals surface area contributed by atoms with Crippen LogP contribution in [-0.4, -0.2) is 32.9 Å². The number of tetrazole rings is 1. The Hall–Kier alpha value is -1.18. The minimum Gasteiger partial charge on any atom is -0.310 e. The Morgan fingerprint density at radius 3 is 2.76 bits per heavy atom. The number of rotatable bonds is 7. The minimum atomic E-state index is -4.12. The SMILES string of the molecule is CCCNCc1nnnn1CCCC(F)(F)F. The van der Waals surface area contributed by atoms with Gasteiger partial charge in [0.25, 0.3) is 0 Å². The Kier molecular flexibility index (Phi) is 5.33. The summed E-state index contributed by atoms with van der Waals surface area (Å²) in [4.78, 5) is 0. The van der Waals surface area contributed by atoms with Gasteiger partial charge in [0.15, 0.2) is 5.82 Å². The summed E-state index contributed by atoms with van der Waals surface area (Å²) < 4.78 is 37.3. The summed E-state index contributed by atoms with van der Waals surface area (Å²) in [5.74, 6) is 0.570. The molecule has 0 spiro atoms. The Morgan fingerprint density at radius 2 is 2.12 bits per heavy atom. The largest absolute Gasteiger partial charge is 0.389 e. The molecule has 1 heterocycles. The second-order valence-corrected chi connectivity index (χ2v) is 3.71. The van der Waals surface area contributed by atoms with Crippen LogP contribution < -0.4 is 5.32 Å². The van der Waals surface area contributed by atoms with Gasteiger partial charge in [-0.3, -0.25) is 0 Å². The quantitative estimate of drug-likeness (QED) is 0.746. The third-order valence-corrected chi connectivity index (χ3v) is 2.15. The van der Waals surface area contributed by atoms with Crippen molar-refractivity contribution in [1.29, 1.82) is 0 Å².